The standard InChI is InChI=1S/C14H26.2BrH.Mg/c1-3-5-7-9-11-13-14-12-10-8-6-4-2;;;/h9,11,13-14H,3-8,10,12H2,1-2H3;2*1H;/q;;;+2/p-2/b11-9-,14-13+;;;. The molecule has 17 heavy (non-hydrogen) atoms. The summed E-state index contributed by atoms with van der Waals surface area (Å²) in [6.45, 7) is 4.49. The number of rotatable bonds is 9. The maximum Gasteiger partial charge on any atom is 2.00 e. The van der Waals surface area contributed by atoms with Crippen LogP contribution in [0.4, 0.5) is 0 Å². The predicted molar refractivity (Wildman–Crippen MR) is 72.3 cm³/mol. The number of halogens is 2. The molecule has 0 spiro atoms. The molecule has 0 saturated carbocycles. The van der Waals surface area contributed by atoms with Gasteiger partial charge in [0.05, 0.1) is 0 Å². The molecule has 0 bridgehead atoms. The maximum absolute atomic E-state index is 2.29. The fourth-order valence-electron chi connectivity index (χ4n) is 1.36. The SMILES string of the molecule is CCCC/C=C\C=C\CCCCCC.[Br-].[Br-].[Mg+2]. The van der Waals surface area contributed by atoms with Crippen LogP contribution in [0.25, 0.3) is 0 Å². The molecule has 0 heterocycles. The zero-order valence-corrected chi connectivity index (χ0v) is 16.0. The van der Waals surface area contributed by atoms with Crippen molar-refractivity contribution in [2.24, 2.45) is 0 Å². The van der Waals surface area contributed by atoms with Crippen LogP contribution in [-0.2, 0) is 0 Å². The van der Waals surface area contributed by atoms with Gasteiger partial charge < -0.3 is 34.0 Å². The van der Waals surface area contributed by atoms with E-state index in [1.54, 1.807) is 0 Å². The first-order valence-electron chi connectivity index (χ1n) is 6.23. The minimum atomic E-state index is 0. The van der Waals surface area contributed by atoms with Gasteiger partial charge in [-0.3, -0.25) is 0 Å². The smallest absolute Gasteiger partial charge is 1.00 e. The van der Waals surface area contributed by atoms with Gasteiger partial charge in [0.2, 0.25) is 0 Å². The molecule has 3 heteroatoms. The molecule has 0 aromatic heterocycles. The van der Waals surface area contributed by atoms with Crippen molar-refractivity contribution in [3.63, 3.8) is 0 Å². The second kappa shape index (κ2) is 25.9. The molecule has 0 atom stereocenters. The van der Waals surface area contributed by atoms with Gasteiger partial charge >= 0.3 is 23.1 Å². The van der Waals surface area contributed by atoms with E-state index in [0.717, 1.165) is 0 Å². The Kier molecular flexibility index (Phi) is 40.7. The van der Waals surface area contributed by atoms with Gasteiger partial charge in [-0.25, -0.2) is 0 Å². The summed E-state index contributed by atoms with van der Waals surface area (Å²) in [4.78, 5) is 0. The second-order valence-electron chi connectivity index (χ2n) is 3.85. The van der Waals surface area contributed by atoms with E-state index in [-0.39, 0.29) is 57.0 Å². The van der Waals surface area contributed by atoms with E-state index in [1.165, 1.54) is 51.4 Å². The van der Waals surface area contributed by atoms with E-state index in [4.69, 9.17) is 0 Å². The molecule has 98 valence electrons. The predicted octanol–water partition coefficient (Wildman–Crippen LogP) is -1.11. The number of allylic oxidation sites excluding steroid dienone is 4. The summed E-state index contributed by atoms with van der Waals surface area (Å²) in [5.41, 5.74) is 0. The summed E-state index contributed by atoms with van der Waals surface area (Å²) in [6, 6.07) is 0. The van der Waals surface area contributed by atoms with Gasteiger partial charge in [-0.1, -0.05) is 70.3 Å². The zero-order valence-electron chi connectivity index (χ0n) is 11.4. The number of hydrogen-bond donors (Lipinski definition) is 0. The fraction of sp³-hybridized carbons (Fsp3) is 0.714. The first-order chi connectivity index (χ1) is 6.91. The molecule has 0 fully saturated rings. The van der Waals surface area contributed by atoms with Crippen LogP contribution in [0, 0.1) is 0 Å². The summed E-state index contributed by atoms with van der Waals surface area (Å²) in [7, 11) is 0. The summed E-state index contributed by atoms with van der Waals surface area (Å²) < 4.78 is 0. The van der Waals surface area contributed by atoms with Gasteiger partial charge in [0.1, 0.15) is 0 Å². The Morgan fingerprint density at radius 1 is 0.647 bits per heavy atom. The summed E-state index contributed by atoms with van der Waals surface area (Å²) in [5.74, 6) is 0. The molecule has 0 radical (unpaired) electrons. The summed E-state index contributed by atoms with van der Waals surface area (Å²) in [5, 5.41) is 0. The minimum Gasteiger partial charge on any atom is -1.00 e. The van der Waals surface area contributed by atoms with Crippen LogP contribution in [0.1, 0.15) is 65.2 Å². The van der Waals surface area contributed by atoms with Gasteiger partial charge in [-0.15, -0.1) is 0 Å². The molecule has 0 aliphatic heterocycles. The maximum atomic E-state index is 2.29. The van der Waals surface area contributed by atoms with Crippen molar-refractivity contribution >= 4 is 23.1 Å². The average molecular weight is 378 g/mol. The Morgan fingerprint density at radius 3 is 1.59 bits per heavy atom. The van der Waals surface area contributed by atoms with E-state index in [9.17, 15) is 0 Å². The molecular weight excluding hydrogens is 352 g/mol. The zero-order chi connectivity index (χ0) is 10.5. The van der Waals surface area contributed by atoms with E-state index in [0.29, 0.717) is 0 Å². The quantitative estimate of drug-likeness (QED) is 0.271. The molecule has 0 aliphatic carbocycles. The Labute approximate surface area is 145 Å². The van der Waals surface area contributed by atoms with Crippen LogP contribution in [0.15, 0.2) is 24.3 Å². The molecule has 0 aliphatic rings. The Hall–Kier alpha value is 1.21. The second-order valence-corrected chi connectivity index (χ2v) is 3.85. The topological polar surface area (TPSA) is 0 Å². The first kappa shape index (κ1) is 26.7. The molecule has 0 nitrogen and oxygen atoms in total. The first-order valence-corrected chi connectivity index (χ1v) is 6.23. The number of unbranched alkanes of at least 4 members (excludes halogenated alkanes) is 6. The van der Waals surface area contributed by atoms with E-state index in [1.807, 2.05) is 0 Å². The van der Waals surface area contributed by atoms with Gasteiger partial charge in [0.15, 0.2) is 0 Å². The molecule has 0 N–H and O–H groups in total. The van der Waals surface area contributed by atoms with Crippen LogP contribution in [0.2, 0.25) is 0 Å². The molecular formula is C14H26Br2Mg. The van der Waals surface area contributed by atoms with Crippen LogP contribution in [0.5, 0.6) is 0 Å². The van der Waals surface area contributed by atoms with E-state index < -0.39 is 0 Å². The Morgan fingerprint density at radius 2 is 1.12 bits per heavy atom. The van der Waals surface area contributed by atoms with E-state index >= 15 is 0 Å². The molecule has 0 unspecified atom stereocenters. The summed E-state index contributed by atoms with van der Waals surface area (Å²) >= 11 is 0. The monoisotopic (exact) mass is 376 g/mol. The third-order valence-electron chi connectivity index (χ3n) is 2.33. The van der Waals surface area contributed by atoms with Crippen LogP contribution in [-0.4, -0.2) is 23.1 Å². The van der Waals surface area contributed by atoms with Crippen molar-refractivity contribution in [2.45, 2.75) is 65.2 Å². The largest absolute Gasteiger partial charge is 2.00 e. The van der Waals surface area contributed by atoms with Crippen molar-refractivity contribution in [1.29, 1.82) is 0 Å². The third-order valence-corrected chi connectivity index (χ3v) is 2.33. The van der Waals surface area contributed by atoms with Crippen LogP contribution >= 0.6 is 0 Å². The van der Waals surface area contributed by atoms with Crippen LogP contribution in [0.3, 0.4) is 0 Å². The van der Waals surface area contributed by atoms with Gasteiger partial charge in [-0.2, -0.15) is 0 Å². The molecule has 0 amide bonds. The van der Waals surface area contributed by atoms with Crippen LogP contribution < -0.4 is 34.0 Å². The number of hydrogen-bond acceptors (Lipinski definition) is 0. The minimum absolute atomic E-state index is 0. The van der Waals surface area contributed by atoms with Crippen molar-refractivity contribution in [3.8, 4) is 0 Å². The van der Waals surface area contributed by atoms with Gasteiger partial charge in [-0.05, 0) is 19.3 Å². The average Bonchev–Trinajstić information content (AvgIpc) is 2.21. The van der Waals surface area contributed by atoms with Gasteiger partial charge in [0.25, 0.3) is 0 Å². The van der Waals surface area contributed by atoms with Gasteiger partial charge in [0, 0.05) is 0 Å². The summed E-state index contributed by atoms with van der Waals surface area (Å²) in [6.07, 6.45) is 19.5. The Balaban J connectivity index is -0.000000282. The third kappa shape index (κ3) is 26.7. The molecule has 0 saturated heterocycles. The Bertz CT molecular complexity index is 156. The van der Waals surface area contributed by atoms with Crippen molar-refractivity contribution in [2.75, 3.05) is 0 Å². The fourth-order valence-corrected chi connectivity index (χ4v) is 1.36. The molecule has 0 rings (SSSR count). The van der Waals surface area contributed by atoms with Crippen molar-refractivity contribution in [1.82, 2.24) is 0 Å². The normalized spacial score (nSPS) is 9.76. The molecule has 0 aromatic rings. The molecule has 0 aromatic carbocycles. The van der Waals surface area contributed by atoms with E-state index in [2.05, 4.69) is 38.2 Å². The van der Waals surface area contributed by atoms with Crippen molar-refractivity contribution < 1.29 is 34.0 Å². The van der Waals surface area contributed by atoms with Crippen molar-refractivity contribution in [3.05, 3.63) is 24.3 Å².